The van der Waals surface area contributed by atoms with Gasteiger partial charge in [0.1, 0.15) is 5.82 Å². The number of amides is 1. The van der Waals surface area contributed by atoms with Gasteiger partial charge >= 0.3 is 0 Å². The Morgan fingerprint density at radius 1 is 1.31 bits per heavy atom. The van der Waals surface area contributed by atoms with E-state index < -0.39 is 0 Å². The number of hydrogen-bond acceptors (Lipinski definition) is 2. The lowest BCUT2D eigenvalue weighted by molar-refractivity contribution is -0.119. The maximum Gasteiger partial charge on any atom is 0.239 e. The fourth-order valence-corrected chi connectivity index (χ4v) is 1.22. The van der Waals surface area contributed by atoms with Crippen molar-refractivity contribution in [2.24, 2.45) is 0 Å². The maximum atomic E-state index is 12.6. The lowest BCUT2D eigenvalue weighted by Crippen LogP contribution is -2.30. The first-order valence-electron chi connectivity index (χ1n) is 5.48. The number of rotatable bonds is 6. The molecule has 0 fully saturated rings. The summed E-state index contributed by atoms with van der Waals surface area (Å²) >= 11 is 0. The van der Waals surface area contributed by atoms with Crippen LogP contribution in [0.2, 0.25) is 0 Å². The summed E-state index contributed by atoms with van der Waals surface area (Å²) in [5.74, 6) is -0.323. The first-order chi connectivity index (χ1) is 7.72. The van der Waals surface area contributed by atoms with E-state index in [1.807, 2.05) is 0 Å². The van der Waals surface area contributed by atoms with Gasteiger partial charge < -0.3 is 10.6 Å². The summed E-state index contributed by atoms with van der Waals surface area (Å²) in [7, 11) is 0. The van der Waals surface area contributed by atoms with E-state index in [-0.39, 0.29) is 18.3 Å². The lowest BCUT2D eigenvalue weighted by Gasteiger charge is -2.07. The zero-order chi connectivity index (χ0) is 11.8. The van der Waals surface area contributed by atoms with E-state index in [0.29, 0.717) is 6.54 Å². The molecule has 0 bridgehead atoms. The van der Waals surface area contributed by atoms with Gasteiger partial charge in [-0.25, -0.2) is 4.39 Å². The molecule has 88 valence electrons. The van der Waals surface area contributed by atoms with Gasteiger partial charge in [0.2, 0.25) is 5.91 Å². The molecule has 4 heteroatoms. The minimum absolute atomic E-state index is 0.0437. The van der Waals surface area contributed by atoms with Crippen LogP contribution in [-0.2, 0) is 4.79 Å². The van der Waals surface area contributed by atoms with E-state index in [1.54, 1.807) is 12.1 Å². The predicted octanol–water partition coefficient (Wildman–Crippen LogP) is 2.15. The number of carbonyl (C=O) groups excluding carboxylic acids is 1. The van der Waals surface area contributed by atoms with Gasteiger partial charge in [-0.15, -0.1) is 0 Å². The van der Waals surface area contributed by atoms with Gasteiger partial charge in [0.15, 0.2) is 0 Å². The number of anilines is 1. The summed E-state index contributed by atoms with van der Waals surface area (Å²) in [6, 6.07) is 5.93. The molecule has 1 rings (SSSR count). The maximum absolute atomic E-state index is 12.6. The van der Waals surface area contributed by atoms with Crippen LogP contribution < -0.4 is 10.6 Å². The normalized spacial score (nSPS) is 9.88. The molecule has 1 amide bonds. The lowest BCUT2D eigenvalue weighted by atomic mass is 10.3. The smallest absolute Gasteiger partial charge is 0.239 e. The highest BCUT2D eigenvalue weighted by Crippen LogP contribution is 2.07. The largest absolute Gasteiger partial charge is 0.376 e. The van der Waals surface area contributed by atoms with Crippen LogP contribution in [-0.4, -0.2) is 19.0 Å². The van der Waals surface area contributed by atoms with Gasteiger partial charge in [-0.3, -0.25) is 4.79 Å². The summed E-state index contributed by atoms with van der Waals surface area (Å²) in [6.45, 7) is 3.00. The van der Waals surface area contributed by atoms with Crippen molar-refractivity contribution < 1.29 is 9.18 Å². The Labute approximate surface area is 95.0 Å². The number of carbonyl (C=O) groups is 1. The minimum Gasteiger partial charge on any atom is -0.376 e. The van der Waals surface area contributed by atoms with Crippen molar-refractivity contribution in [1.29, 1.82) is 0 Å². The Bertz CT molecular complexity index is 324. The van der Waals surface area contributed by atoms with Gasteiger partial charge in [-0.05, 0) is 30.7 Å². The number of halogens is 1. The standard InChI is InChI=1S/C12H17FN2O/c1-2-3-8-14-12(16)9-15-11-6-4-10(13)5-7-11/h4-7,15H,2-3,8-9H2,1H3,(H,14,16). The third-order valence-corrected chi connectivity index (χ3v) is 2.15. The molecule has 1 aromatic rings. The third-order valence-electron chi connectivity index (χ3n) is 2.15. The Hall–Kier alpha value is -1.58. The molecule has 0 saturated carbocycles. The molecule has 0 radical (unpaired) electrons. The molecular weight excluding hydrogens is 207 g/mol. The molecule has 3 nitrogen and oxygen atoms in total. The zero-order valence-corrected chi connectivity index (χ0v) is 9.42. The molecule has 0 aromatic heterocycles. The summed E-state index contributed by atoms with van der Waals surface area (Å²) in [5, 5.41) is 5.71. The van der Waals surface area contributed by atoms with E-state index in [4.69, 9.17) is 0 Å². The van der Waals surface area contributed by atoms with E-state index in [9.17, 15) is 9.18 Å². The quantitative estimate of drug-likeness (QED) is 0.727. The van der Waals surface area contributed by atoms with Crippen molar-refractivity contribution >= 4 is 11.6 Å². The van der Waals surface area contributed by atoms with Crippen LogP contribution in [0.5, 0.6) is 0 Å². The van der Waals surface area contributed by atoms with Gasteiger partial charge in [0.25, 0.3) is 0 Å². The van der Waals surface area contributed by atoms with Crippen molar-refractivity contribution in [2.45, 2.75) is 19.8 Å². The van der Waals surface area contributed by atoms with Crippen LogP contribution in [0.15, 0.2) is 24.3 Å². The third kappa shape index (κ3) is 4.77. The van der Waals surface area contributed by atoms with E-state index in [2.05, 4.69) is 17.6 Å². The van der Waals surface area contributed by atoms with Gasteiger partial charge in [0, 0.05) is 12.2 Å². The second-order valence-electron chi connectivity index (χ2n) is 3.56. The van der Waals surface area contributed by atoms with E-state index in [1.165, 1.54) is 12.1 Å². The highest BCUT2D eigenvalue weighted by molar-refractivity contribution is 5.80. The Morgan fingerprint density at radius 3 is 2.62 bits per heavy atom. The van der Waals surface area contributed by atoms with Crippen molar-refractivity contribution in [3.05, 3.63) is 30.1 Å². The Morgan fingerprint density at radius 2 is 2.00 bits per heavy atom. The number of benzene rings is 1. The minimum atomic E-state index is -0.280. The van der Waals surface area contributed by atoms with Crippen LogP contribution in [0.25, 0.3) is 0 Å². The van der Waals surface area contributed by atoms with Crippen LogP contribution in [0.3, 0.4) is 0 Å². The molecule has 0 heterocycles. The molecule has 0 atom stereocenters. The molecule has 1 aromatic carbocycles. The summed E-state index contributed by atoms with van der Waals surface area (Å²) in [4.78, 5) is 11.3. The van der Waals surface area contributed by atoms with Crippen LogP contribution in [0.4, 0.5) is 10.1 Å². The number of unbranched alkanes of at least 4 members (excludes halogenated alkanes) is 1. The molecule has 0 aliphatic heterocycles. The van der Waals surface area contributed by atoms with Crippen molar-refractivity contribution in [2.75, 3.05) is 18.4 Å². The predicted molar refractivity (Wildman–Crippen MR) is 62.8 cm³/mol. The first kappa shape index (κ1) is 12.5. The summed E-state index contributed by atoms with van der Waals surface area (Å²) < 4.78 is 12.6. The van der Waals surface area contributed by atoms with Crippen LogP contribution in [0.1, 0.15) is 19.8 Å². The molecule has 0 aliphatic rings. The average molecular weight is 224 g/mol. The topological polar surface area (TPSA) is 41.1 Å². The molecule has 16 heavy (non-hydrogen) atoms. The van der Waals surface area contributed by atoms with Gasteiger partial charge in [-0.1, -0.05) is 13.3 Å². The second-order valence-corrected chi connectivity index (χ2v) is 3.56. The molecule has 0 unspecified atom stereocenters. The van der Waals surface area contributed by atoms with E-state index >= 15 is 0 Å². The number of nitrogens with one attached hydrogen (secondary N) is 2. The van der Waals surface area contributed by atoms with E-state index in [0.717, 1.165) is 18.5 Å². The average Bonchev–Trinajstić information content (AvgIpc) is 2.29. The SMILES string of the molecule is CCCCNC(=O)CNc1ccc(F)cc1. The molecule has 0 aliphatic carbocycles. The second kappa shape index (κ2) is 6.82. The van der Waals surface area contributed by atoms with Crippen molar-refractivity contribution in [3.8, 4) is 0 Å². The van der Waals surface area contributed by atoms with Crippen molar-refractivity contribution in [3.63, 3.8) is 0 Å². The molecular formula is C12H17FN2O. The monoisotopic (exact) mass is 224 g/mol. The first-order valence-corrected chi connectivity index (χ1v) is 5.48. The van der Waals surface area contributed by atoms with Gasteiger partial charge in [0.05, 0.1) is 6.54 Å². The Kier molecular flexibility index (Phi) is 5.32. The molecule has 0 spiro atoms. The summed E-state index contributed by atoms with van der Waals surface area (Å²) in [6.07, 6.45) is 2.05. The summed E-state index contributed by atoms with van der Waals surface area (Å²) in [5.41, 5.74) is 0.743. The molecule has 2 N–H and O–H groups in total. The van der Waals surface area contributed by atoms with Crippen molar-refractivity contribution in [1.82, 2.24) is 5.32 Å². The highest BCUT2D eigenvalue weighted by Gasteiger charge is 1.99. The van der Waals surface area contributed by atoms with Crippen LogP contribution >= 0.6 is 0 Å². The molecule has 0 saturated heterocycles. The zero-order valence-electron chi connectivity index (χ0n) is 9.42. The fourth-order valence-electron chi connectivity index (χ4n) is 1.22. The highest BCUT2D eigenvalue weighted by atomic mass is 19.1. The Balaban J connectivity index is 2.23. The number of hydrogen-bond donors (Lipinski definition) is 2. The van der Waals surface area contributed by atoms with Gasteiger partial charge in [-0.2, -0.15) is 0 Å². The van der Waals surface area contributed by atoms with Crippen LogP contribution in [0, 0.1) is 5.82 Å². The fraction of sp³-hybridized carbons (Fsp3) is 0.417.